The van der Waals surface area contributed by atoms with Crippen molar-refractivity contribution in [1.82, 2.24) is 0 Å². The zero-order valence-corrected chi connectivity index (χ0v) is 27.3. The molecule has 0 nitrogen and oxygen atoms in total. The van der Waals surface area contributed by atoms with Crippen molar-refractivity contribution < 1.29 is 0 Å². The zero-order chi connectivity index (χ0) is 29.8. The average molecular weight is 537 g/mol. The fourth-order valence-corrected chi connectivity index (χ4v) is 5.79. The zero-order valence-electron chi connectivity index (χ0n) is 27.3. The molecule has 0 N–H and O–H groups in total. The van der Waals surface area contributed by atoms with Crippen LogP contribution in [0.3, 0.4) is 0 Å². The van der Waals surface area contributed by atoms with E-state index in [-0.39, 0.29) is 0 Å². The maximum atomic E-state index is 2.37. The summed E-state index contributed by atoms with van der Waals surface area (Å²) in [6.45, 7) is 22.7. The van der Waals surface area contributed by atoms with Crippen molar-refractivity contribution in [2.75, 3.05) is 0 Å². The van der Waals surface area contributed by atoms with Gasteiger partial charge in [-0.25, -0.2) is 0 Å². The number of rotatable bonds is 10. The topological polar surface area (TPSA) is 0 Å². The van der Waals surface area contributed by atoms with Gasteiger partial charge in [-0.2, -0.15) is 0 Å². The van der Waals surface area contributed by atoms with Gasteiger partial charge in [0.2, 0.25) is 0 Å². The van der Waals surface area contributed by atoms with E-state index in [1.165, 1.54) is 72.0 Å². The maximum Gasteiger partial charge on any atom is -0.0104 e. The molecule has 0 fully saturated rings. The van der Waals surface area contributed by atoms with Crippen LogP contribution in [0.5, 0.6) is 0 Å². The van der Waals surface area contributed by atoms with E-state index in [2.05, 4.69) is 154 Å². The normalized spacial score (nSPS) is 21.9. The first kappa shape index (κ1) is 33.3. The molecule has 0 unspecified atom stereocenters. The summed E-state index contributed by atoms with van der Waals surface area (Å²) in [5.74, 6) is 0. The highest BCUT2D eigenvalue weighted by Crippen LogP contribution is 2.41. The molecule has 0 atom stereocenters. The molecule has 0 radical (unpaired) electrons. The van der Waals surface area contributed by atoms with Gasteiger partial charge in [-0.1, -0.05) is 146 Å². The van der Waals surface area contributed by atoms with Crippen LogP contribution in [0.4, 0.5) is 0 Å². The minimum atomic E-state index is 0.291. The van der Waals surface area contributed by atoms with Crippen LogP contribution in [-0.4, -0.2) is 0 Å². The van der Waals surface area contributed by atoms with Crippen LogP contribution in [0, 0.1) is 10.8 Å². The van der Waals surface area contributed by atoms with Crippen molar-refractivity contribution in [3.05, 3.63) is 130 Å². The van der Waals surface area contributed by atoms with E-state index in [4.69, 9.17) is 0 Å². The Morgan fingerprint density at radius 2 is 0.825 bits per heavy atom. The largest absolute Gasteiger partial charge is 0.0696 e. The van der Waals surface area contributed by atoms with Crippen molar-refractivity contribution in [1.29, 1.82) is 0 Å². The highest BCUT2D eigenvalue weighted by Gasteiger charge is 2.27. The lowest BCUT2D eigenvalue weighted by atomic mass is 9.72. The van der Waals surface area contributed by atoms with Gasteiger partial charge in [-0.15, -0.1) is 0 Å². The van der Waals surface area contributed by atoms with Gasteiger partial charge in [0.15, 0.2) is 0 Å². The Morgan fingerprint density at radius 1 is 0.500 bits per heavy atom. The molecule has 216 valence electrons. The first-order valence-electron chi connectivity index (χ1n) is 15.3. The van der Waals surface area contributed by atoms with Gasteiger partial charge in [0.1, 0.15) is 0 Å². The van der Waals surface area contributed by atoms with E-state index in [1.807, 2.05) is 0 Å². The van der Waals surface area contributed by atoms with Crippen molar-refractivity contribution in [2.45, 2.75) is 108 Å². The molecule has 0 aromatic heterocycles. The lowest BCUT2D eigenvalue weighted by molar-refractivity contribution is 0.376. The van der Waals surface area contributed by atoms with Crippen LogP contribution in [0.2, 0.25) is 0 Å². The fraction of sp³-hybridized carbons (Fsp3) is 0.450. The third-order valence-electron chi connectivity index (χ3n) is 8.38. The summed E-state index contributed by atoms with van der Waals surface area (Å²) in [5, 5.41) is 0. The van der Waals surface area contributed by atoms with Crippen molar-refractivity contribution >= 4 is 0 Å². The molecule has 0 aromatic rings. The maximum absolute atomic E-state index is 2.37. The third-order valence-corrected chi connectivity index (χ3v) is 8.38. The predicted octanol–water partition coefficient (Wildman–Crippen LogP) is 12.6. The third kappa shape index (κ3) is 11.3. The Kier molecular flexibility index (Phi) is 13.2. The van der Waals surface area contributed by atoms with E-state index in [1.54, 1.807) is 11.1 Å². The van der Waals surface area contributed by atoms with Crippen LogP contribution >= 0.6 is 0 Å². The summed E-state index contributed by atoms with van der Waals surface area (Å²) in [5.41, 5.74) is 11.7. The second kappa shape index (κ2) is 15.8. The smallest absolute Gasteiger partial charge is 0.0104 e. The summed E-state index contributed by atoms with van der Waals surface area (Å²) in [4.78, 5) is 0. The Morgan fingerprint density at radius 3 is 1.18 bits per heavy atom. The molecule has 0 aliphatic heterocycles. The standard InChI is InChI=1S/C40H56/c1-31(19-13-21-33(3)25-27-37-35(5)23-15-29-39(37,7)8)17-11-12-18-32(2)20-14-22-34(4)26-28-38-36(6)24-16-30-40(38,9)10/h11-14,17-22,25-28H,15-16,23-24,29-30H2,1-10H3/b12-11-,19-13-,20-14-,27-25-,28-26-,31-17-,32-18+,33-21-,34-22+. The summed E-state index contributed by atoms with van der Waals surface area (Å²) in [6.07, 6.45) is 38.4. The van der Waals surface area contributed by atoms with E-state index in [0.29, 0.717) is 10.8 Å². The van der Waals surface area contributed by atoms with Gasteiger partial charge in [0.25, 0.3) is 0 Å². The fourth-order valence-electron chi connectivity index (χ4n) is 5.79. The van der Waals surface area contributed by atoms with Gasteiger partial charge in [0.05, 0.1) is 0 Å². The second-order valence-corrected chi connectivity index (χ2v) is 13.3. The molecule has 2 aliphatic carbocycles. The van der Waals surface area contributed by atoms with E-state index in [0.717, 1.165) is 0 Å². The molecule has 0 amide bonds. The predicted molar refractivity (Wildman–Crippen MR) is 181 cm³/mol. The quantitative estimate of drug-likeness (QED) is 0.244. The molecule has 0 heterocycles. The summed E-state index contributed by atoms with van der Waals surface area (Å²) >= 11 is 0. The summed E-state index contributed by atoms with van der Waals surface area (Å²) in [6, 6.07) is 0. The van der Waals surface area contributed by atoms with Crippen LogP contribution < -0.4 is 0 Å². The Labute approximate surface area is 247 Å². The molecular weight excluding hydrogens is 480 g/mol. The SMILES string of the molecule is CC1=C(\C=C/C(C)=C\C=C/C(C)=C\C=C/C=C(C)/C=C\C=C(C)\C=C/C2=C(C)CCCC2(C)C)C(C)(C)CCC1. The minimum absolute atomic E-state index is 0.291. The van der Waals surface area contributed by atoms with Gasteiger partial charge in [-0.05, 0) is 102 Å². The van der Waals surface area contributed by atoms with E-state index < -0.39 is 0 Å². The molecule has 2 rings (SSSR count). The summed E-state index contributed by atoms with van der Waals surface area (Å²) < 4.78 is 0. The van der Waals surface area contributed by atoms with E-state index in [9.17, 15) is 0 Å². The van der Waals surface area contributed by atoms with Crippen molar-refractivity contribution in [3.8, 4) is 0 Å². The van der Waals surface area contributed by atoms with Crippen molar-refractivity contribution in [3.63, 3.8) is 0 Å². The van der Waals surface area contributed by atoms with Gasteiger partial charge in [0, 0.05) is 0 Å². The van der Waals surface area contributed by atoms with Crippen molar-refractivity contribution in [2.24, 2.45) is 10.8 Å². The second-order valence-electron chi connectivity index (χ2n) is 13.3. The molecule has 0 saturated carbocycles. The van der Waals surface area contributed by atoms with Crippen LogP contribution in [0.15, 0.2) is 130 Å². The molecule has 40 heavy (non-hydrogen) atoms. The molecule has 2 aliphatic rings. The first-order valence-corrected chi connectivity index (χ1v) is 15.3. The molecule has 0 spiro atoms. The summed E-state index contributed by atoms with van der Waals surface area (Å²) in [7, 11) is 0. The van der Waals surface area contributed by atoms with Crippen LogP contribution in [0.25, 0.3) is 0 Å². The highest BCUT2D eigenvalue weighted by molar-refractivity contribution is 5.39. The molecule has 0 heteroatoms. The number of hydrogen-bond donors (Lipinski definition) is 0. The lowest BCUT2D eigenvalue weighted by Crippen LogP contribution is -2.19. The molecule has 0 aromatic carbocycles. The first-order chi connectivity index (χ1) is 18.8. The van der Waals surface area contributed by atoms with Gasteiger partial charge in [-0.3, -0.25) is 0 Å². The van der Waals surface area contributed by atoms with Gasteiger partial charge < -0.3 is 0 Å². The van der Waals surface area contributed by atoms with Crippen LogP contribution in [-0.2, 0) is 0 Å². The molecule has 0 saturated heterocycles. The molecular formula is C40H56. The Hall–Kier alpha value is -2.86. The van der Waals surface area contributed by atoms with Crippen LogP contribution in [0.1, 0.15) is 108 Å². The van der Waals surface area contributed by atoms with Gasteiger partial charge >= 0.3 is 0 Å². The highest BCUT2D eigenvalue weighted by atomic mass is 14.3. The average Bonchev–Trinajstić information content (AvgIpc) is 2.85. The van der Waals surface area contributed by atoms with E-state index >= 15 is 0 Å². The number of hydrogen-bond acceptors (Lipinski definition) is 0. The minimum Gasteiger partial charge on any atom is -0.0696 e. The molecule has 0 bridgehead atoms. The monoisotopic (exact) mass is 536 g/mol. The number of allylic oxidation sites excluding steroid dienone is 22. The lowest BCUT2D eigenvalue weighted by Gasteiger charge is -2.33. The Bertz CT molecular complexity index is 1120. The Balaban J connectivity index is 1.89.